The predicted molar refractivity (Wildman–Crippen MR) is 113 cm³/mol. The molecule has 0 radical (unpaired) electrons. The summed E-state index contributed by atoms with van der Waals surface area (Å²) in [4.78, 5) is 11.2. The van der Waals surface area contributed by atoms with E-state index in [1.165, 1.54) is 18.9 Å². The van der Waals surface area contributed by atoms with Crippen molar-refractivity contribution in [2.24, 2.45) is 10.8 Å². The Morgan fingerprint density at radius 1 is 0.964 bits per heavy atom. The van der Waals surface area contributed by atoms with Crippen molar-refractivity contribution in [1.82, 2.24) is 0 Å². The highest BCUT2D eigenvalue weighted by molar-refractivity contribution is 5.77. The molecule has 0 spiro atoms. The minimum Gasteiger partial charge on any atom is -0.508 e. The maximum atomic E-state index is 11.2. The van der Waals surface area contributed by atoms with Crippen LogP contribution in [0.3, 0.4) is 0 Å². The number of carboxylic acid groups (broad SMARTS) is 1. The number of unbranched alkanes of at least 4 members (excludes halogenated alkanes) is 4. The van der Waals surface area contributed by atoms with Crippen molar-refractivity contribution in [2.45, 2.75) is 97.8 Å². The van der Waals surface area contributed by atoms with E-state index in [1.54, 1.807) is 6.07 Å². The molecular weight excluding hydrogens is 352 g/mol. The second kappa shape index (κ2) is 9.67. The average molecular weight is 391 g/mol. The van der Waals surface area contributed by atoms with E-state index in [1.807, 2.05) is 0 Å². The van der Waals surface area contributed by atoms with Gasteiger partial charge >= 0.3 is 5.97 Å². The van der Waals surface area contributed by atoms with Crippen LogP contribution in [0.2, 0.25) is 0 Å². The Hall–Kier alpha value is -1.71. The summed E-state index contributed by atoms with van der Waals surface area (Å²) in [6, 6.07) is 3.22. The third-order valence-corrected chi connectivity index (χ3v) is 6.07. The molecule has 1 aliphatic carbocycles. The van der Waals surface area contributed by atoms with Gasteiger partial charge in [-0.25, -0.2) is 0 Å². The van der Waals surface area contributed by atoms with Gasteiger partial charge in [0.25, 0.3) is 0 Å². The summed E-state index contributed by atoms with van der Waals surface area (Å²) >= 11 is 0. The van der Waals surface area contributed by atoms with Gasteiger partial charge in [-0.3, -0.25) is 4.79 Å². The molecular formula is C24H38O4. The first-order valence-corrected chi connectivity index (χ1v) is 10.9. The Morgan fingerprint density at radius 3 is 2.21 bits per heavy atom. The highest BCUT2D eigenvalue weighted by atomic mass is 16.4. The SMILES string of the molecule is CC(C)(C)CCCCCc1c(O)cc(O)cc1CCCCCC1(C(=O)O)CC1. The third kappa shape index (κ3) is 7.03. The highest BCUT2D eigenvalue weighted by Crippen LogP contribution is 2.50. The van der Waals surface area contributed by atoms with Crippen molar-refractivity contribution in [3.63, 3.8) is 0 Å². The maximum Gasteiger partial charge on any atom is 0.309 e. The largest absolute Gasteiger partial charge is 0.508 e. The number of hydrogen-bond acceptors (Lipinski definition) is 3. The fourth-order valence-electron chi connectivity index (χ4n) is 4.02. The summed E-state index contributed by atoms with van der Waals surface area (Å²) in [6.07, 6.45) is 11.5. The van der Waals surface area contributed by atoms with Gasteiger partial charge in [0.05, 0.1) is 5.41 Å². The topological polar surface area (TPSA) is 77.8 Å². The van der Waals surface area contributed by atoms with Crippen LogP contribution in [-0.4, -0.2) is 21.3 Å². The Balaban J connectivity index is 1.79. The van der Waals surface area contributed by atoms with Crippen LogP contribution in [0.15, 0.2) is 12.1 Å². The van der Waals surface area contributed by atoms with Gasteiger partial charge in [-0.15, -0.1) is 0 Å². The zero-order valence-electron chi connectivity index (χ0n) is 17.9. The summed E-state index contributed by atoms with van der Waals surface area (Å²) in [6.45, 7) is 6.79. The molecule has 4 nitrogen and oxygen atoms in total. The molecule has 0 aromatic heterocycles. The number of carboxylic acids is 1. The lowest BCUT2D eigenvalue weighted by Gasteiger charge is -2.18. The number of carbonyl (C=O) groups is 1. The standard InChI is InChI=1S/C24H38O4/c1-23(2,3)12-8-5-7-11-20-18(16-19(25)17-21(20)26)10-6-4-9-13-24(14-15-24)22(27)28/h16-17,25-26H,4-15H2,1-3H3,(H,27,28). The zero-order chi connectivity index (χ0) is 20.8. The molecule has 1 fully saturated rings. The summed E-state index contributed by atoms with van der Waals surface area (Å²) in [5, 5.41) is 29.4. The first-order valence-electron chi connectivity index (χ1n) is 10.9. The molecule has 158 valence electrons. The first-order chi connectivity index (χ1) is 13.1. The Kier molecular flexibility index (Phi) is 7.79. The molecule has 1 aliphatic rings. The molecule has 0 amide bonds. The number of rotatable bonds is 12. The molecule has 0 heterocycles. The first kappa shape index (κ1) is 22.6. The Labute approximate surface area is 170 Å². The van der Waals surface area contributed by atoms with E-state index in [-0.39, 0.29) is 11.5 Å². The van der Waals surface area contributed by atoms with E-state index in [4.69, 9.17) is 0 Å². The number of benzene rings is 1. The van der Waals surface area contributed by atoms with Crippen LogP contribution >= 0.6 is 0 Å². The number of phenolic OH excluding ortho intramolecular Hbond substituents is 2. The van der Waals surface area contributed by atoms with Crippen LogP contribution in [-0.2, 0) is 17.6 Å². The Bertz CT molecular complexity index is 653. The molecule has 1 aromatic rings. The predicted octanol–water partition coefficient (Wildman–Crippen LogP) is 6.21. The summed E-state index contributed by atoms with van der Waals surface area (Å²) in [7, 11) is 0. The van der Waals surface area contributed by atoms with Gasteiger partial charge in [-0.1, -0.05) is 46.5 Å². The Morgan fingerprint density at radius 2 is 1.61 bits per heavy atom. The van der Waals surface area contributed by atoms with Gasteiger partial charge in [0.1, 0.15) is 11.5 Å². The zero-order valence-corrected chi connectivity index (χ0v) is 17.9. The van der Waals surface area contributed by atoms with Crippen LogP contribution in [0.1, 0.15) is 96.1 Å². The lowest BCUT2D eigenvalue weighted by Crippen LogP contribution is -2.14. The summed E-state index contributed by atoms with van der Waals surface area (Å²) < 4.78 is 0. The molecule has 0 aliphatic heterocycles. The van der Waals surface area contributed by atoms with Crippen LogP contribution in [0, 0.1) is 10.8 Å². The molecule has 1 saturated carbocycles. The fraction of sp³-hybridized carbons (Fsp3) is 0.708. The van der Waals surface area contributed by atoms with E-state index in [9.17, 15) is 20.1 Å². The van der Waals surface area contributed by atoms with Crippen LogP contribution in [0.4, 0.5) is 0 Å². The fourth-order valence-corrected chi connectivity index (χ4v) is 4.02. The average Bonchev–Trinajstić information content (AvgIpc) is 3.36. The second-order valence-electron chi connectivity index (χ2n) is 9.87. The second-order valence-corrected chi connectivity index (χ2v) is 9.87. The summed E-state index contributed by atoms with van der Waals surface area (Å²) in [5.41, 5.74) is 1.94. The minimum absolute atomic E-state index is 0.117. The maximum absolute atomic E-state index is 11.2. The quantitative estimate of drug-likeness (QED) is 0.371. The van der Waals surface area contributed by atoms with Crippen molar-refractivity contribution in [3.05, 3.63) is 23.3 Å². The van der Waals surface area contributed by atoms with Gasteiger partial charge < -0.3 is 15.3 Å². The van der Waals surface area contributed by atoms with E-state index < -0.39 is 11.4 Å². The molecule has 0 unspecified atom stereocenters. The number of hydrogen-bond donors (Lipinski definition) is 3. The van der Waals surface area contributed by atoms with Gasteiger partial charge in [-0.2, -0.15) is 0 Å². The van der Waals surface area contributed by atoms with Crippen LogP contribution in [0.5, 0.6) is 11.5 Å². The molecule has 28 heavy (non-hydrogen) atoms. The lowest BCUT2D eigenvalue weighted by atomic mass is 9.89. The number of aromatic hydroxyl groups is 2. The van der Waals surface area contributed by atoms with Crippen molar-refractivity contribution < 1.29 is 20.1 Å². The smallest absolute Gasteiger partial charge is 0.309 e. The van der Waals surface area contributed by atoms with Crippen LogP contribution < -0.4 is 0 Å². The summed E-state index contributed by atoms with van der Waals surface area (Å²) in [5.74, 6) is -0.320. The normalized spacial score (nSPS) is 15.5. The van der Waals surface area contributed by atoms with Crippen molar-refractivity contribution in [2.75, 3.05) is 0 Å². The number of phenols is 2. The third-order valence-electron chi connectivity index (χ3n) is 6.07. The monoisotopic (exact) mass is 390 g/mol. The van der Waals surface area contributed by atoms with Crippen molar-refractivity contribution in [3.8, 4) is 11.5 Å². The van der Waals surface area contributed by atoms with Gasteiger partial charge in [0.2, 0.25) is 0 Å². The molecule has 2 rings (SSSR count). The van der Waals surface area contributed by atoms with E-state index in [0.717, 1.165) is 75.3 Å². The molecule has 0 atom stereocenters. The van der Waals surface area contributed by atoms with Gasteiger partial charge in [0, 0.05) is 6.07 Å². The lowest BCUT2D eigenvalue weighted by molar-refractivity contribution is -0.143. The van der Waals surface area contributed by atoms with Crippen LogP contribution in [0.25, 0.3) is 0 Å². The van der Waals surface area contributed by atoms with E-state index in [0.29, 0.717) is 5.41 Å². The van der Waals surface area contributed by atoms with Gasteiger partial charge in [-0.05, 0) is 74.0 Å². The molecule has 0 saturated heterocycles. The molecule has 0 bridgehead atoms. The number of aryl methyl sites for hydroxylation is 1. The van der Waals surface area contributed by atoms with E-state index in [2.05, 4.69) is 20.8 Å². The minimum atomic E-state index is -0.640. The molecule has 3 N–H and O–H groups in total. The van der Waals surface area contributed by atoms with E-state index >= 15 is 0 Å². The highest BCUT2D eigenvalue weighted by Gasteiger charge is 2.49. The van der Waals surface area contributed by atoms with Gasteiger partial charge in [0.15, 0.2) is 0 Å². The molecule has 4 heteroatoms. The van der Waals surface area contributed by atoms with Crippen molar-refractivity contribution in [1.29, 1.82) is 0 Å². The van der Waals surface area contributed by atoms with Crippen molar-refractivity contribution >= 4 is 5.97 Å². The molecule has 1 aromatic carbocycles. The number of aliphatic carboxylic acids is 1.